The van der Waals surface area contributed by atoms with Crippen LogP contribution in [0.4, 0.5) is 18.9 Å². The van der Waals surface area contributed by atoms with Crippen molar-refractivity contribution >= 4 is 11.6 Å². The molecule has 7 heteroatoms. The highest BCUT2D eigenvalue weighted by atomic mass is 19.1. The Labute approximate surface area is 134 Å². The summed E-state index contributed by atoms with van der Waals surface area (Å²) in [5, 5.41) is 6.05. The van der Waals surface area contributed by atoms with Crippen LogP contribution in [0.3, 0.4) is 0 Å². The van der Waals surface area contributed by atoms with E-state index in [1.54, 1.807) is 6.07 Å². The number of aryl methyl sites for hydroxylation is 1. The fourth-order valence-electron chi connectivity index (χ4n) is 2.25. The zero-order valence-corrected chi connectivity index (χ0v) is 12.4. The van der Waals surface area contributed by atoms with Crippen molar-refractivity contribution in [1.29, 1.82) is 0 Å². The Morgan fingerprint density at radius 2 is 1.83 bits per heavy atom. The van der Waals surface area contributed by atoms with Crippen LogP contribution in [0.2, 0.25) is 0 Å². The molecule has 0 aliphatic rings. The Morgan fingerprint density at radius 1 is 1.08 bits per heavy atom. The summed E-state index contributed by atoms with van der Waals surface area (Å²) in [6, 6.07) is 8.49. The Bertz CT molecular complexity index is 922. The number of halogens is 3. The third-order valence-electron chi connectivity index (χ3n) is 3.40. The second-order valence-corrected chi connectivity index (χ2v) is 5.02. The van der Waals surface area contributed by atoms with Crippen molar-refractivity contribution in [2.45, 2.75) is 6.92 Å². The van der Waals surface area contributed by atoms with Crippen molar-refractivity contribution in [3.8, 4) is 11.3 Å². The summed E-state index contributed by atoms with van der Waals surface area (Å²) >= 11 is 0. The quantitative estimate of drug-likeness (QED) is 0.777. The van der Waals surface area contributed by atoms with Gasteiger partial charge in [-0.1, -0.05) is 17.3 Å². The highest BCUT2D eigenvalue weighted by molar-refractivity contribution is 6.08. The third kappa shape index (κ3) is 2.88. The van der Waals surface area contributed by atoms with Crippen LogP contribution in [-0.4, -0.2) is 11.1 Å². The predicted octanol–water partition coefficient (Wildman–Crippen LogP) is 4.32. The SMILES string of the molecule is Cc1onc(-c2ccc(F)cc2F)c1C(=O)Nc1ccccc1F. The molecule has 4 nitrogen and oxygen atoms in total. The average Bonchev–Trinajstić information content (AvgIpc) is 2.91. The second-order valence-electron chi connectivity index (χ2n) is 5.02. The number of nitrogens with zero attached hydrogens (tertiary/aromatic N) is 1. The molecule has 0 saturated carbocycles. The summed E-state index contributed by atoms with van der Waals surface area (Å²) in [6.07, 6.45) is 0. The van der Waals surface area contributed by atoms with E-state index in [1.165, 1.54) is 25.1 Å². The summed E-state index contributed by atoms with van der Waals surface area (Å²) in [6.45, 7) is 1.47. The van der Waals surface area contributed by atoms with E-state index in [9.17, 15) is 18.0 Å². The fraction of sp³-hybridized carbons (Fsp3) is 0.0588. The van der Waals surface area contributed by atoms with E-state index < -0.39 is 23.4 Å². The van der Waals surface area contributed by atoms with E-state index in [0.29, 0.717) is 6.07 Å². The zero-order chi connectivity index (χ0) is 17.3. The van der Waals surface area contributed by atoms with E-state index in [-0.39, 0.29) is 28.3 Å². The molecule has 0 fully saturated rings. The Morgan fingerprint density at radius 3 is 2.54 bits per heavy atom. The summed E-state index contributed by atoms with van der Waals surface area (Å²) in [7, 11) is 0. The van der Waals surface area contributed by atoms with Crippen molar-refractivity contribution < 1.29 is 22.5 Å². The topological polar surface area (TPSA) is 55.1 Å². The van der Waals surface area contributed by atoms with Gasteiger partial charge < -0.3 is 9.84 Å². The molecule has 1 heterocycles. The third-order valence-corrected chi connectivity index (χ3v) is 3.40. The van der Waals surface area contributed by atoms with Gasteiger partial charge in [0.25, 0.3) is 5.91 Å². The molecule has 0 radical (unpaired) electrons. The van der Waals surface area contributed by atoms with Gasteiger partial charge in [0, 0.05) is 11.6 Å². The molecular formula is C17H11F3N2O2. The second kappa shape index (κ2) is 6.19. The van der Waals surface area contributed by atoms with Gasteiger partial charge in [-0.05, 0) is 31.2 Å². The number of rotatable bonds is 3. The van der Waals surface area contributed by atoms with Crippen molar-refractivity contribution in [3.05, 3.63) is 71.2 Å². The fourth-order valence-corrected chi connectivity index (χ4v) is 2.25. The van der Waals surface area contributed by atoms with Crippen LogP contribution in [0.5, 0.6) is 0 Å². The largest absolute Gasteiger partial charge is 0.360 e. The normalized spacial score (nSPS) is 10.7. The van der Waals surface area contributed by atoms with Gasteiger partial charge in [-0.25, -0.2) is 13.2 Å². The number of aromatic nitrogens is 1. The minimum absolute atomic E-state index is 0.0337. The number of carbonyl (C=O) groups is 1. The van der Waals surface area contributed by atoms with Gasteiger partial charge in [0.15, 0.2) is 0 Å². The van der Waals surface area contributed by atoms with E-state index in [1.807, 2.05) is 0 Å². The van der Waals surface area contributed by atoms with Gasteiger partial charge in [-0.2, -0.15) is 0 Å². The van der Waals surface area contributed by atoms with Crippen LogP contribution < -0.4 is 5.32 Å². The number of nitrogens with one attached hydrogen (secondary N) is 1. The van der Waals surface area contributed by atoms with Crippen molar-refractivity contribution in [3.63, 3.8) is 0 Å². The molecule has 1 aromatic heterocycles. The predicted molar refractivity (Wildman–Crippen MR) is 80.9 cm³/mol. The maximum absolute atomic E-state index is 14.0. The van der Waals surface area contributed by atoms with E-state index in [0.717, 1.165) is 12.1 Å². The van der Waals surface area contributed by atoms with Crippen LogP contribution in [-0.2, 0) is 0 Å². The number of carbonyl (C=O) groups excluding carboxylic acids is 1. The number of hydrogen-bond acceptors (Lipinski definition) is 3. The van der Waals surface area contributed by atoms with Crippen LogP contribution in [0.25, 0.3) is 11.3 Å². The number of para-hydroxylation sites is 1. The Balaban J connectivity index is 2.01. The van der Waals surface area contributed by atoms with Crippen LogP contribution >= 0.6 is 0 Å². The highest BCUT2D eigenvalue weighted by Gasteiger charge is 2.24. The molecule has 3 aromatic rings. The van der Waals surface area contributed by atoms with Gasteiger partial charge in [0.05, 0.1) is 5.69 Å². The smallest absolute Gasteiger partial charge is 0.261 e. The lowest BCUT2D eigenvalue weighted by molar-refractivity contribution is 0.102. The molecule has 0 spiro atoms. The molecule has 0 saturated heterocycles. The van der Waals surface area contributed by atoms with Crippen molar-refractivity contribution in [1.82, 2.24) is 5.16 Å². The maximum atomic E-state index is 14.0. The van der Waals surface area contributed by atoms with E-state index in [4.69, 9.17) is 4.52 Å². The first-order valence-electron chi connectivity index (χ1n) is 6.95. The van der Waals surface area contributed by atoms with Gasteiger partial charge in [-0.3, -0.25) is 4.79 Å². The molecule has 0 unspecified atom stereocenters. The first-order valence-corrected chi connectivity index (χ1v) is 6.95. The minimum Gasteiger partial charge on any atom is -0.360 e. The Hall–Kier alpha value is -3.09. The molecule has 0 bridgehead atoms. The number of hydrogen-bond donors (Lipinski definition) is 1. The van der Waals surface area contributed by atoms with Gasteiger partial charge in [0.1, 0.15) is 34.5 Å². The molecular weight excluding hydrogens is 321 g/mol. The maximum Gasteiger partial charge on any atom is 0.261 e. The lowest BCUT2D eigenvalue weighted by atomic mass is 10.0. The minimum atomic E-state index is -0.886. The van der Waals surface area contributed by atoms with Crippen LogP contribution in [0.1, 0.15) is 16.1 Å². The van der Waals surface area contributed by atoms with Gasteiger partial charge >= 0.3 is 0 Å². The van der Waals surface area contributed by atoms with Crippen molar-refractivity contribution in [2.24, 2.45) is 0 Å². The summed E-state index contributed by atoms with van der Waals surface area (Å²) < 4.78 is 45.6. The Kier molecular flexibility index (Phi) is 4.07. The summed E-state index contributed by atoms with van der Waals surface area (Å²) in [4.78, 5) is 12.4. The lowest BCUT2D eigenvalue weighted by Crippen LogP contribution is -2.14. The lowest BCUT2D eigenvalue weighted by Gasteiger charge is -2.07. The summed E-state index contributed by atoms with van der Waals surface area (Å²) in [5.41, 5.74) is -0.261. The molecule has 1 N–H and O–H groups in total. The number of benzene rings is 2. The zero-order valence-electron chi connectivity index (χ0n) is 12.4. The van der Waals surface area contributed by atoms with Crippen LogP contribution in [0, 0.1) is 24.4 Å². The number of anilines is 1. The summed E-state index contributed by atoms with van der Waals surface area (Å²) in [5.74, 6) is -2.84. The van der Waals surface area contributed by atoms with E-state index in [2.05, 4.69) is 10.5 Å². The monoisotopic (exact) mass is 332 g/mol. The first kappa shape index (κ1) is 15.8. The molecule has 122 valence electrons. The molecule has 0 atom stereocenters. The molecule has 1 amide bonds. The molecule has 2 aromatic carbocycles. The number of amides is 1. The average molecular weight is 332 g/mol. The van der Waals surface area contributed by atoms with Gasteiger partial charge in [-0.15, -0.1) is 0 Å². The standard InChI is InChI=1S/C17H11F3N2O2/c1-9-15(17(23)21-14-5-3-2-4-12(14)19)16(22-24-9)11-7-6-10(18)8-13(11)20/h2-8H,1H3,(H,21,23). The highest BCUT2D eigenvalue weighted by Crippen LogP contribution is 2.29. The molecule has 3 rings (SSSR count). The van der Waals surface area contributed by atoms with E-state index >= 15 is 0 Å². The first-order chi connectivity index (χ1) is 11.5. The van der Waals surface area contributed by atoms with Gasteiger partial charge in [0.2, 0.25) is 0 Å². The molecule has 0 aliphatic heterocycles. The van der Waals surface area contributed by atoms with Crippen LogP contribution in [0.15, 0.2) is 47.0 Å². The molecule has 24 heavy (non-hydrogen) atoms. The molecule has 0 aliphatic carbocycles. The van der Waals surface area contributed by atoms with Crippen molar-refractivity contribution in [2.75, 3.05) is 5.32 Å².